The number of carbonyl (C=O) groups excluding carboxylic acids is 1. The highest BCUT2D eigenvalue weighted by atomic mass is 19.1. The molecular formula is C25H16F2N4O. The molecule has 1 aromatic heterocycles. The van der Waals surface area contributed by atoms with Crippen molar-refractivity contribution in [2.45, 2.75) is 18.4 Å². The summed E-state index contributed by atoms with van der Waals surface area (Å²) in [5.74, 6) is 3.80. The van der Waals surface area contributed by atoms with E-state index < -0.39 is 22.9 Å². The maximum Gasteiger partial charge on any atom is 0.260 e. The van der Waals surface area contributed by atoms with Gasteiger partial charge in [-0.25, -0.2) is 18.7 Å². The number of amides is 1. The Kier molecular flexibility index (Phi) is 3.93. The van der Waals surface area contributed by atoms with E-state index in [1.165, 1.54) is 0 Å². The van der Waals surface area contributed by atoms with Gasteiger partial charge in [0.05, 0.1) is 24.1 Å². The Balaban J connectivity index is 1.43. The Morgan fingerprint density at radius 1 is 1.00 bits per heavy atom. The molecule has 2 aromatic carbocycles. The lowest BCUT2D eigenvalue weighted by atomic mass is 10.1. The fourth-order valence-electron chi connectivity index (χ4n) is 4.31. The van der Waals surface area contributed by atoms with Gasteiger partial charge in [0, 0.05) is 11.1 Å². The lowest BCUT2D eigenvalue weighted by Gasteiger charge is -2.17. The number of aliphatic imine (C=N–C) groups is 1. The monoisotopic (exact) mass is 426 g/mol. The maximum atomic E-state index is 15.2. The molecule has 5 nitrogen and oxygen atoms in total. The summed E-state index contributed by atoms with van der Waals surface area (Å²) in [4.78, 5) is 23.2. The highest BCUT2D eigenvalue weighted by Gasteiger charge is 2.62. The van der Waals surface area contributed by atoms with Crippen molar-refractivity contribution >= 4 is 23.3 Å². The van der Waals surface area contributed by atoms with Gasteiger partial charge in [-0.05, 0) is 43.2 Å². The van der Waals surface area contributed by atoms with Crippen LogP contribution in [-0.4, -0.2) is 27.7 Å². The van der Waals surface area contributed by atoms with Crippen LogP contribution >= 0.6 is 0 Å². The highest BCUT2D eigenvalue weighted by molar-refractivity contribution is 6.14. The van der Waals surface area contributed by atoms with Crippen molar-refractivity contribution in [2.24, 2.45) is 4.99 Å². The number of carbonyl (C=O) groups is 1. The molecule has 0 atom stereocenters. The molecule has 0 unspecified atom stereocenters. The normalized spacial score (nSPS) is 17.4. The van der Waals surface area contributed by atoms with Crippen LogP contribution in [0.4, 0.5) is 20.4 Å². The number of anilines is 2. The van der Waals surface area contributed by atoms with E-state index in [9.17, 15) is 4.79 Å². The number of fused-ring (bicyclic) bond motifs is 2. The molecular weight excluding hydrogens is 410 g/mol. The maximum absolute atomic E-state index is 15.2. The summed E-state index contributed by atoms with van der Waals surface area (Å²) in [6.45, 7) is 0.565. The number of allylic oxidation sites excluding steroid dienone is 1. The van der Waals surface area contributed by atoms with E-state index in [-0.39, 0.29) is 17.4 Å². The topological polar surface area (TPSA) is 50.5 Å². The van der Waals surface area contributed by atoms with Crippen LogP contribution in [0.1, 0.15) is 29.7 Å². The molecule has 6 rings (SSSR count). The smallest absolute Gasteiger partial charge is 0.260 e. The van der Waals surface area contributed by atoms with Crippen LogP contribution in [0.5, 0.6) is 0 Å². The first-order chi connectivity index (χ1) is 15.6. The van der Waals surface area contributed by atoms with Gasteiger partial charge in [-0.3, -0.25) is 14.4 Å². The van der Waals surface area contributed by atoms with Crippen molar-refractivity contribution in [2.75, 3.05) is 11.4 Å². The average molecular weight is 426 g/mol. The van der Waals surface area contributed by atoms with E-state index >= 15 is 8.78 Å². The van der Waals surface area contributed by atoms with E-state index in [1.807, 2.05) is 42.5 Å². The molecule has 32 heavy (non-hydrogen) atoms. The van der Waals surface area contributed by atoms with Crippen molar-refractivity contribution in [1.29, 1.82) is 0 Å². The van der Waals surface area contributed by atoms with Gasteiger partial charge < -0.3 is 0 Å². The predicted octanol–water partition coefficient (Wildman–Crippen LogP) is 4.09. The van der Waals surface area contributed by atoms with E-state index in [0.717, 1.165) is 28.3 Å². The summed E-state index contributed by atoms with van der Waals surface area (Å²) in [5.41, 5.74) is 1.07. The van der Waals surface area contributed by atoms with Crippen molar-refractivity contribution in [1.82, 2.24) is 9.55 Å². The zero-order chi connectivity index (χ0) is 21.9. The second-order valence-corrected chi connectivity index (χ2v) is 7.98. The molecule has 1 saturated carbocycles. The summed E-state index contributed by atoms with van der Waals surface area (Å²) < 4.78 is 32.1. The SMILES string of the molecule is O=C1N(c2c(F)cc(C#Cc3ccccc3)cc2F)c2ncc(C3=NCC=C3)n2C12CC2. The molecule has 156 valence electrons. The van der Waals surface area contributed by atoms with Gasteiger partial charge in [0.2, 0.25) is 5.95 Å². The molecule has 3 aromatic rings. The Bertz CT molecular complexity index is 1380. The van der Waals surface area contributed by atoms with E-state index in [2.05, 4.69) is 21.8 Å². The Morgan fingerprint density at radius 2 is 1.72 bits per heavy atom. The fourth-order valence-corrected chi connectivity index (χ4v) is 4.31. The molecule has 0 N–H and O–H groups in total. The van der Waals surface area contributed by atoms with Crippen LogP contribution in [0.25, 0.3) is 0 Å². The van der Waals surface area contributed by atoms with Crippen LogP contribution in [0.2, 0.25) is 0 Å². The van der Waals surface area contributed by atoms with Crippen molar-refractivity contribution in [3.8, 4) is 11.8 Å². The minimum absolute atomic E-state index is 0.190. The van der Waals surface area contributed by atoms with Gasteiger partial charge in [0.25, 0.3) is 5.91 Å². The van der Waals surface area contributed by atoms with Crippen molar-refractivity contribution in [3.63, 3.8) is 0 Å². The van der Waals surface area contributed by atoms with Gasteiger partial charge in [0.15, 0.2) is 11.6 Å². The predicted molar refractivity (Wildman–Crippen MR) is 116 cm³/mol. The minimum atomic E-state index is -0.859. The van der Waals surface area contributed by atoms with Crippen molar-refractivity contribution < 1.29 is 13.6 Å². The van der Waals surface area contributed by atoms with Crippen LogP contribution in [0, 0.1) is 23.5 Å². The number of benzene rings is 2. The van der Waals surface area contributed by atoms with Crippen molar-refractivity contribution in [3.05, 3.63) is 89.3 Å². The molecule has 1 amide bonds. The number of imidazole rings is 1. The lowest BCUT2D eigenvalue weighted by molar-refractivity contribution is -0.120. The largest absolute Gasteiger partial charge is 0.293 e. The first-order valence-electron chi connectivity index (χ1n) is 10.3. The number of hydrogen-bond donors (Lipinski definition) is 0. The molecule has 0 bridgehead atoms. The molecule has 7 heteroatoms. The number of nitrogens with zero attached hydrogens (tertiary/aromatic N) is 4. The lowest BCUT2D eigenvalue weighted by Crippen LogP contribution is -2.32. The standard InChI is InChI=1S/C25H16F2N4O/c26-18-13-17(9-8-16-5-2-1-3-6-16)14-19(27)22(18)30-23(32)25(10-11-25)31-21(15-29-24(30)31)20-7-4-12-28-20/h1-7,13-15H,10-12H2. The van der Waals surface area contributed by atoms with Gasteiger partial charge in [-0.15, -0.1) is 0 Å². The number of hydrogen-bond acceptors (Lipinski definition) is 3. The van der Waals surface area contributed by atoms with Crippen LogP contribution in [-0.2, 0) is 10.3 Å². The summed E-state index contributed by atoms with van der Waals surface area (Å²) in [5, 5.41) is 0. The number of halogens is 2. The average Bonchev–Trinajstić information content (AvgIpc) is 3.12. The number of aromatic nitrogens is 2. The van der Waals surface area contributed by atoms with Gasteiger partial charge in [-0.1, -0.05) is 36.1 Å². The van der Waals surface area contributed by atoms with Gasteiger partial charge in [-0.2, -0.15) is 0 Å². The third-order valence-electron chi connectivity index (χ3n) is 5.97. The fraction of sp³-hybridized carbons (Fsp3) is 0.160. The van der Waals surface area contributed by atoms with Crippen LogP contribution in [0.3, 0.4) is 0 Å². The van der Waals surface area contributed by atoms with Gasteiger partial charge >= 0.3 is 0 Å². The summed E-state index contributed by atoms with van der Waals surface area (Å²) in [6.07, 6.45) is 6.59. The second kappa shape index (κ2) is 6.72. The summed E-state index contributed by atoms with van der Waals surface area (Å²) in [7, 11) is 0. The Morgan fingerprint density at radius 3 is 2.38 bits per heavy atom. The van der Waals surface area contributed by atoms with Crippen LogP contribution in [0.15, 0.2) is 65.8 Å². The first-order valence-corrected chi connectivity index (χ1v) is 10.3. The molecule has 1 fully saturated rings. The molecule has 0 saturated heterocycles. The zero-order valence-electron chi connectivity index (χ0n) is 16.8. The highest BCUT2D eigenvalue weighted by Crippen LogP contribution is 2.55. The Labute approximate surface area is 182 Å². The first kappa shape index (κ1) is 18.7. The molecule has 1 aliphatic carbocycles. The molecule has 3 aliphatic rings. The van der Waals surface area contributed by atoms with E-state index in [0.29, 0.717) is 25.1 Å². The zero-order valence-corrected chi connectivity index (χ0v) is 16.8. The molecule has 0 radical (unpaired) electrons. The third kappa shape index (κ3) is 2.66. The quantitative estimate of drug-likeness (QED) is 0.580. The van der Waals surface area contributed by atoms with E-state index in [1.54, 1.807) is 10.8 Å². The molecule has 1 spiro atoms. The van der Waals surface area contributed by atoms with Crippen LogP contribution < -0.4 is 4.90 Å². The molecule has 3 heterocycles. The summed E-state index contributed by atoms with van der Waals surface area (Å²) >= 11 is 0. The Hall–Kier alpha value is -4.05. The third-order valence-corrected chi connectivity index (χ3v) is 5.97. The minimum Gasteiger partial charge on any atom is -0.293 e. The van der Waals surface area contributed by atoms with E-state index in [4.69, 9.17) is 0 Å². The second-order valence-electron chi connectivity index (χ2n) is 7.98. The summed E-state index contributed by atoms with van der Waals surface area (Å²) in [6, 6.07) is 11.5. The number of rotatable bonds is 2. The molecule has 2 aliphatic heterocycles. The van der Waals surface area contributed by atoms with Gasteiger partial charge in [0.1, 0.15) is 11.2 Å².